The zero-order valence-electron chi connectivity index (χ0n) is 85.1. The van der Waals surface area contributed by atoms with Gasteiger partial charge in [0, 0.05) is 140 Å². The largest absolute Gasteiger partial charge is 0.294 e. The molecule has 12 aliphatic rings. The zero-order valence-corrected chi connectivity index (χ0v) is 90.0. The minimum atomic E-state index is -0.597. The molecule has 0 saturated heterocycles. The summed E-state index contributed by atoms with van der Waals surface area (Å²) in [6.07, 6.45) is 16.1. The third kappa shape index (κ3) is 17.7. The van der Waals surface area contributed by atoms with Crippen LogP contribution >= 0.6 is 68.0 Å². The average molecular weight is 2000 g/mol. The quantitative estimate of drug-likeness (QED) is 0.141. The molecule has 0 fully saturated rings. The van der Waals surface area contributed by atoms with Gasteiger partial charge >= 0.3 is 0 Å². The Morgan fingerprint density at radius 3 is 0.648 bits per heavy atom. The molecule has 6 heterocycles. The van der Waals surface area contributed by atoms with Crippen molar-refractivity contribution in [3.05, 3.63) is 378 Å². The zero-order chi connectivity index (χ0) is 101. The highest BCUT2D eigenvalue weighted by atomic mass is 32.1. The van der Waals surface area contributed by atoms with Gasteiger partial charge in [0.05, 0.1) is 99.7 Å². The number of carbonyl (C=O) groups excluding carboxylic acids is 6. The molecule has 0 bridgehead atoms. The van der Waals surface area contributed by atoms with Gasteiger partial charge in [-0.3, -0.25) is 28.8 Å². The molecule has 12 aromatic rings. The fraction of sp³-hybridized carbons (Fsp3) is 0.410. The molecule has 12 aliphatic carbocycles. The first-order valence-corrected chi connectivity index (χ1v) is 55.5. The Balaban J connectivity index is 0.000000108. The fourth-order valence-electron chi connectivity index (χ4n) is 27.1. The Morgan fingerprint density at radius 1 is 0.232 bits per heavy atom. The summed E-state index contributed by atoms with van der Waals surface area (Å²) in [6, 6.07) is 55.4. The summed E-state index contributed by atoms with van der Waals surface area (Å²) >= 11 is 9.94. The van der Waals surface area contributed by atoms with Crippen molar-refractivity contribution in [1.82, 2.24) is 29.9 Å². The standard InChI is InChI=1S/2C21H23NOS.2C20H20FNOS.2C20H21NOS/c2*1-4-21(15-8-6-5-7-9-15)18-14(10-16-19(21)24-13-22-16)11-20(2,3)12-17(18)23;2*1-19(2)9-12-7-15-18(24-11-22-15)20(3,17(12)16(23)10-19)13-5-4-6-14(21)8-13;2*1-19(2)10-13-9-15-18(23-12-21-15)20(3,17(13)16(22)11-19)14-7-5-4-6-8-14/h2*5-9,13H,4,10-12H2,1-3H3;2*4-6,8,11H,7,9-10H2,1-3H3;2*4-8,12H,9-11H2,1-3H3/t2*21-;4*20-/m101010/s1. The molecule has 0 spiro atoms. The van der Waals surface area contributed by atoms with Crippen molar-refractivity contribution in [2.75, 3.05) is 0 Å². The van der Waals surface area contributed by atoms with Crippen molar-refractivity contribution in [2.24, 2.45) is 32.5 Å². The number of thiazole rings is 6. The Labute approximate surface area is 859 Å². The second-order valence-electron chi connectivity index (χ2n) is 46.8. The van der Waals surface area contributed by atoms with Gasteiger partial charge in [0.1, 0.15) is 11.6 Å². The molecule has 12 nitrogen and oxygen atoms in total. The summed E-state index contributed by atoms with van der Waals surface area (Å²) in [4.78, 5) is 114. The van der Waals surface area contributed by atoms with E-state index in [0.29, 0.717) is 61.7 Å². The highest BCUT2D eigenvalue weighted by Crippen LogP contribution is 2.62. The topological polar surface area (TPSA) is 180 Å². The van der Waals surface area contributed by atoms with Crippen LogP contribution in [0, 0.1) is 44.1 Å². The maximum absolute atomic E-state index is 13.9. The molecule has 0 unspecified atom stereocenters. The molecule has 24 rings (SSSR count). The van der Waals surface area contributed by atoms with Gasteiger partial charge in [0.25, 0.3) is 0 Å². The summed E-state index contributed by atoms with van der Waals surface area (Å²) in [6.45, 7) is 39.2. The molecule has 6 aromatic carbocycles. The first-order valence-electron chi connectivity index (χ1n) is 50.3. The van der Waals surface area contributed by atoms with Gasteiger partial charge in [-0.15, -0.1) is 68.0 Å². The maximum Gasteiger partial charge on any atom is 0.160 e. The van der Waals surface area contributed by atoms with Crippen molar-refractivity contribution in [3.8, 4) is 0 Å². The van der Waals surface area contributed by atoms with Crippen LogP contribution in [0.1, 0.15) is 311 Å². The van der Waals surface area contributed by atoms with Crippen molar-refractivity contribution in [1.29, 1.82) is 0 Å². The minimum Gasteiger partial charge on any atom is -0.294 e. The van der Waals surface area contributed by atoms with Gasteiger partial charge < -0.3 is 0 Å². The smallest absolute Gasteiger partial charge is 0.160 e. The highest BCUT2D eigenvalue weighted by molar-refractivity contribution is 7.11. The van der Waals surface area contributed by atoms with Crippen LogP contribution in [0.5, 0.6) is 0 Å². The van der Waals surface area contributed by atoms with Gasteiger partial charge in [0.2, 0.25) is 0 Å². The highest BCUT2D eigenvalue weighted by Gasteiger charge is 2.57. The van der Waals surface area contributed by atoms with Gasteiger partial charge in [-0.05, 0) is 169 Å². The van der Waals surface area contributed by atoms with E-state index in [0.717, 1.165) is 167 Å². The molecule has 20 heteroatoms. The SMILES string of the molecule is CC1(C)CC(=O)C2=C(Cc3ncsc3[C@@]2(C)c2cccc(F)c2)C1.CC1(C)CC(=O)C2=C(Cc3ncsc3[C@@]2(C)c2ccccc2)C1.CC1(C)CC(=O)C2=C(Cc3ncsc3[C@]2(C)c2cccc(F)c2)C1.CC1(C)CC(=O)C2=C(Cc3ncsc3[C@]2(C)c2ccccc2)C1.CC[C@@]1(c2ccccc2)C2=C(Cc3ncsc31)CC(C)(C)CC2=O.CC[C@]1(c2ccccc2)C2=C(Cc3ncsc31)CC(C)(C)CC2=O. The number of carbonyl (C=O) groups is 6. The molecule has 6 atom stereocenters. The van der Waals surface area contributed by atoms with E-state index >= 15 is 0 Å². The first kappa shape index (κ1) is 100. The number of rotatable bonds is 8. The van der Waals surface area contributed by atoms with Crippen molar-refractivity contribution in [2.45, 2.75) is 286 Å². The number of allylic oxidation sites excluding steroid dienone is 12. The number of Topliss-reactive ketones (excluding diaryl/α,β-unsaturated/α-hetero) is 6. The van der Waals surface area contributed by atoms with Crippen molar-refractivity contribution < 1.29 is 37.5 Å². The normalized spacial score (nSPS) is 25.6. The maximum atomic E-state index is 13.9. The Morgan fingerprint density at radius 2 is 0.423 bits per heavy atom. The van der Waals surface area contributed by atoms with Crippen LogP contribution in [-0.4, -0.2) is 64.6 Å². The van der Waals surface area contributed by atoms with Crippen molar-refractivity contribution >= 4 is 103 Å². The Hall–Kier alpha value is -10.6. The third-order valence-corrected chi connectivity index (χ3v) is 38.9. The van der Waals surface area contributed by atoms with Crippen LogP contribution < -0.4 is 0 Å². The van der Waals surface area contributed by atoms with E-state index in [1.807, 2.05) is 69.5 Å². The summed E-state index contributed by atoms with van der Waals surface area (Å²) in [5, 5.41) is 0. The lowest BCUT2D eigenvalue weighted by Crippen LogP contribution is -2.41. The number of hydrogen-bond acceptors (Lipinski definition) is 18. The van der Waals surface area contributed by atoms with Crippen LogP contribution in [-0.2, 0) is 99.8 Å². The molecule has 0 aliphatic heterocycles. The van der Waals surface area contributed by atoms with Crippen LogP contribution in [0.2, 0.25) is 0 Å². The second kappa shape index (κ2) is 37.5. The number of benzene rings is 6. The summed E-state index contributed by atoms with van der Waals surface area (Å²) < 4.78 is 27.9. The van der Waals surface area contributed by atoms with E-state index in [2.05, 4.69) is 252 Å². The number of hydrogen-bond donors (Lipinski definition) is 0. The van der Waals surface area contributed by atoms with E-state index in [-0.39, 0.29) is 77.4 Å². The van der Waals surface area contributed by atoms with Gasteiger partial charge in [-0.25, -0.2) is 38.7 Å². The van der Waals surface area contributed by atoms with E-state index < -0.39 is 10.8 Å². The molecular formula is C122H128F2N6O6S6. The molecule has 0 radical (unpaired) electrons. The van der Waals surface area contributed by atoms with E-state index in [4.69, 9.17) is 0 Å². The van der Waals surface area contributed by atoms with Crippen LogP contribution in [0.25, 0.3) is 0 Å². The van der Waals surface area contributed by atoms with E-state index in [9.17, 15) is 37.5 Å². The molecule has 0 N–H and O–H groups in total. The summed E-state index contributed by atoms with van der Waals surface area (Å²) in [5.74, 6) is 1.19. The molecule has 0 saturated carbocycles. The minimum absolute atomic E-state index is 0.0215. The lowest BCUT2D eigenvalue weighted by atomic mass is 9.59. The number of aromatic nitrogens is 6. The third-order valence-electron chi connectivity index (χ3n) is 32.5. The average Bonchev–Trinajstić information content (AvgIpc) is 1.35. The van der Waals surface area contributed by atoms with Gasteiger partial charge in [-0.2, -0.15) is 0 Å². The van der Waals surface area contributed by atoms with Gasteiger partial charge in [0.15, 0.2) is 34.7 Å². The van der Waals surface area contributed by atoms with Crippen LogP contribution in [0.3, 0.4) is 0 Å². The van der Waals surface area contributed by atoms with Crippen LogP contribution in [0.15, 0.2) is 270 Å². The molecule has 732 valence electrons. The summed E-state index contributed by atoms with van der Waals surface area (Å²) in [5.41, 5.74) is 36.0. The number of fused-ring (bicyclic) bond motifs is 6. The lowest BCUT2D eigenvalue weighted by Gasteiger charge is -2.44. The monoisotopic (exact) mass is 2000 g/mol. The number of ketones is 6. The fourth-order valence-corrected chi connectivity index (χ4v) is 33.3. The predicted molar refractivity (Wildman–Crippen MR) is 572 cm³/mol. The number of halogens is 2. The Kier molecular flexibility index (Phi) is 26.4. The van der Waals surface area contributed by atoms with E-state index in [1.54, 1.807) is 92.3 Å². The van der Waals surface area contributed by atoms with Gasteiger partial charge in [-0.1, -0.05) is 276 Å². The second-order valence-corrected chi connectivity index (χ2v) is 52.0. The van der Waals surface area contributed by atoms with E-state index in [1.165, 1.54) is 98.7 Å². The molecular weight excluding hydrogens is 1880 g/mol. The molecule has 0 amide bonds. The molecule has 142 heavy (non-hydrogen) atoms. The molecule has 6 aromatic heterocycles. The van der Waals surface area contributed by atoms with Crippen molar-refractivity contribution in [3.63, 3.8) is 0 Å². The van der Waals surface area contributed by atoms with Crippen LogP contribution in [0.4, 0.5) is 8.78 Å². The lowest BCUT2D eigenvalue weighted by molar-refractivity contribution is -0.119. The Bertz CT molecular complexity index is 6830. The predicted octanol–water partition coefficient (Wildman–Crippen LogP) is 29.2. The first-order chi connectivity index (χ1) is 67.4. The summed E-state index contributed by atoms with van der Waals surface area (Å²) in [7, 11) is 0. The number of nitrogens with zero attached hydrogens (tertiary/aromatic N) is 6.